The lowest BCUT2D eigenvalue weighted by Gasteiger charge is -2.04. The number of nitrogens with one attached hydrogen (secondary N) is 1. The highest BCUT2D eigenvalue weighted by Gasteiger charge is 2.12. The number of hydrogen-bond donors (Lipinski definition) is 2. The normalized spacial score (nSPS) is 11.7. The molecule has 4 rings (SSSR count). The molecule has 7 nitrogen and oxygen atoms in total. The van der Waals surface area contributed by atoms with Gasteiger partial charge in [0.15, 0.2) is 0 Å². The van der Waals surface area contributed by atoms with Gasteiger partial charge in [-0.3, -0.25) is 4.79 Å². The third-order valence-electron chi connectivity index (χ3n) is 4.65. The van der Waals surface area contributed by atoms with Crippen molar-refractivity contribution in [3.05, 3.63) is 95.5 Å². The molecule has 0 bridgehead atoms. The predicted molar refractivity (Wildman–Crippen MR) is 126 cm³/mol. The van der Waals surface area contributed by atoms with Crippen molar-refractivity contribution in [3.63, 3.8) is 0 Å². The van der Waals surface area contributed by atoms with Crippen LogP contribution in [-0.4, -0.2) is 24.1 Å². The van der Waals surface area contributed by atoms with E-state index >= 15 is 0 Å². The molecule has 32 heavy (non-hydrogen) atoms. The zero-order valence-electron chi connectivity index (χ0n) is 16.9. The number of rotatable bonds is 7. The van der Waals surface area contributed by atoms with E-state index in [0.29, 0.717) is 0 Å². The summed E-state index contributed by atoms with van der Waals surface area (Å²) in [6.45, 7) is 0.259. The molecule has 0 radical (unpaired) electrons. The molecule has 0 fully saturated rings. The smallest absolute Gasteiger partial charge is 0.244 e. The van der Waals surface area contributed by atoms with Gasteiger partial charge in [-0.1, -0.05) is 36.4 Å². The summed E-state index contributed by atoms with van der Waals surface area (Å²) < 4.78 is 24.4. The van der Waals surface area contributed by atoms with Gasteiger partial charge in [-0.2, -0.15) is 5.10 Å². The van der Waals surface area contributed by atoms with Gasteiger partial charge < -0.3 is 5.32 Å². The molecule has 0 spiro atoms. The van der Waals surface area contributed by atoms with Crippen LogP contribution in [0.3, 0.4) is 0 Å². The molecule has 0 aliphatic heterocycles. The van der Waals surface area contributed by atoms with Gasteiger partial charge in [0, 0.05) is 24.4 Å². The largest absolute Gasteiger partial charge is 0.348 e. The van der Waals surface area contributed by atoms with E-state index in [0.717, 1.165) is 27.4 Å². The van der Waals surface area contributed by atoms with Crippen LogP contribution in [0.5, 0.6) is 0 Å². The summed E-state index contributed by atoms with van der Waals surface area (Å²) in [4.78, 5) is 13.4. The van der Waals surface area contributed by atoms with Crippen LogP contribution in [0.4, 0.5) is 0 Å². The molecule has 1 amide bonds. The average molecular weight is 465 g/mol. The van der Waals surface area contributed by atoms with E-state index in [1.165, 1.54) is 18.2 Å². The molecule has 0 unspecified atom stereocenters. The number of benzene rings is 2. The second kappa shape index (κ2) is 9.31. The number of amides is 1. The van der Waals surface area contributed by atoms with Gasteiger partial charge in [0.25, 0.3) is 0 Å². The first kappa shape index (κ1) is 21.7. The Morgan fingerprint density at radius 3 is 2.47 bits per heavy atom. The Balaban J connectivity index is 1.48. The SMILES string of the molecule is NS(=O)(=O)c1ccc(CNC(=O)C=Cc2cn(-c3ccccc3)nc2-c2cccs2)cc1. The van der Waals surface area contributed by atoms with Crippen LogP contribution in [0.2, 0.25) is 0 Å². The third-order valence-corrected chi connectivity index (χ3v) is 6.46. The lowest BCUT2D eigenvalue weighted by molar-refractivity contribution is -0.116. The van der Waals surface area contributed by atoms with Crippen molar-refractivity contribution >= 4 is 33.3 Å². The van der Waals surface area contributed by atoms with E-state index in [-0.39, 0.29) is 17.3 Å². The summed E-state index contributed by atoms with van der Waals surface area (Å²) >= 11 is 1.58. The number of nitrogens with two attached hydrogens (primary N) is 1. The number of primary sulfonamides is 1. The van der Waals surface area contributed by atoms with Crippen LogP contribution in [0.25, 0.3) is 22.3 Å². The van der Waals surface area contributed by atoms with Gasteiger partial charge in [0.2, 0.25) is 15.9 Å². The summed E-state index contributed by atoms with van der Waals surface area (Å²) in [5.41, 5.74) is 3.31. The fourth-order valence-corrected chi connectivity index (χ4v) is 4.28. The Kier molecular flexibility index (Phi) is 6.31. The number of aromatic nitrogens is 2. The first-order chi connectivity index (χ1) is 15.4. The standard InChI is InChI=1S/C23H20N4O3S2/c24-32(29,30)20-11-8-17(9-12-20)15-25-22(28)13-10-18-16-27(19-5-2-1-3-6-19)26-23(18)21-7-4-14-31-21/h1-14,16H,15H2,(H,25,28)(H2,24,29,30). The maximum Gasteiger partial charge on any atom is 0.244 e. The van der Waals surface area contributed by atoms with Crippen LogP contribution >= 0.6 is 11.3 Å². The van der Waals surface area contributed by atoms with E-state index in [1.807, 2.05) is 54.0 Å². The van der Waals surface area contributed by atoms with Crippen molar-refractivity contribution in [1.29, 1.82) is 0 Å². The highest BCUT2D eigenvalue weighted by molar-refractivity contribution is 7.89. The van der Waals surface area contributed by atoms with Gasteiger partial charge in [0.05, 0.1) is 15.5 Å². The minimum absolute atomic E-state index is 0.0315. The number of carbonyl (C=O) groups excluding carboxylic acids is 1. The summed E-state index contributed by atoms with van der Waals surface area (Å²) in [5, 5.41) is 14.6. The minimum atomic E-state index is -3.74. The van der Waals surface area contributed by atoms with Crippen LogP contribution in [-0.2, 0) is 21.4 Å². The number of nitrogens with zero attached hydrogens (tertiary/aromatic N) is 2. The summed E-state index contributed by atoms with van der Waals surface area (Å²) in [6.07, 6.45) is 5.09. The Labute approximate surface area is 189 Å². The molecule has 2 heterocycles. The van der Waals surface area contributed by atoms with E-state index in [2.05, 4.69) is 5.32 Å². The number of carbonyl (C=O) groups is 1. The first-order valence-corrected chi connectivity index (χ1v) is 12.1. The van der Waals surface area contributed by atoms with E-state index in [9.17, 15) is 13.2 Å². The molecule has 2 aromatic carbocycles. The van der Waals surface area contributed by atoms with Crippen molar-refractivity contribution < 1.29 is 13.2 Å². The van der Waals surface area contributed by atoms with Crippen LogP contribution < -0.4 is 10.5 Å². The van der Waals surface area contributed by atoms with Crippen molar-refractivity contribution in [2.75, 3.05) is 0 Å². The average Bonchev–Trinajstić information content (AvgIpc) is 3.46. The van der Waals surface area contributed by atoms with Crippen molar-refractivity contribution in [1.82, 2.24) is 15.1 Å². The number of para-hydroxylation sites is 1. The maximum atomic E-state index is 12.4. The van der Waals surface area contributed by atoms with Crippen molar-refractivity contribution in [2.24, 2.45) is 5.14 Å². The number of thiophene rings is 1. The first-order valence-electron chi connectivity index (χ1n) is 9.67. The Morgan fingerprint density at radius 1 is 1.06 bits per heavy atom. The maximum absolute atomic E-state index is 12.4. The molecular weight excluding hydrogens is 444 g/mol. The molecule has 3 N–H and O–H groups in total. The van der Waals surface area contributed by atoms with Gasteiger partial charge in [0.1, 0.15) is 5.69 Å². The zero-order chi connectivity index (χ0) is 22.6. The Morgan fingerprint density at radius 2 is 1.81 bits per heavy atom. The molecule has 0 aliphatic rings. The fourth-order valence-electron chi connectivity index (χ4n) is 3.04. The molecule has 162 valence electrons. The zero-order valence-corrected chi connectivity index (χ0v) is 18.5. The van der Waals surface area contributed by atoms with Crippen LogP contribution in [0.1, 0.15) is 11.1 Å². The summed E-state index contributed by atoms with van der Waals surface area (Å²) in [5.74, 6) is -0.273. The highest BCUT2D eigenvalue weighted by Crippen LogP contribution is 2.28. The van der Waals surface area contributed by atoms with E-state index < -0.39 is 10.0 Å². The summed E-state index contributed by atoms with van der Waals surface area (Å²) in [7, 11) is -3.74. The second-order valence-electron chi connectivity index (χ2n) is 6.93. The van der Waals surface area contributed by atoms with E-state index in [4.69, 9.17) is 10.2 Å². The fraction of sp³-hybridized carbons (Fsp3) is 0.0435. The van der Waals surface area contributed by atoms with Crippen molar-refractivity contribution in [3.8, 4) is 16.3 Å². The topological polar surface area (TPSA) is 107 Å². The quantitative estimate of drug-likeness (QED) is 0.408. The molecular formula is C23H20N4O3S2. The summed E-state index contributed by atoms with van der Waals surface area (Å²) in [6, 6.07) is 19.8. The number of sulfonamides is 1. The number of hydrogen-bond acceptors (Lipinski definition) is 5. The van der Waals surface area contributed by atoms with Crippen LogP contribution in [0.15, 0.2) is 89.3 Å². The lowest BCUT2D eigenvalue weighted by atomic mass is 10.2. The Bertz CT molecular complexity index is 1340. The lowest BCUT2D eigenvalue weighted by Crippen LogP contribution is -2.20. The predicted octanol–water partition coefficient (Wildman–Crippen LogP) is 3.58. The third kappa shape index (κ3) is 5.20. The van der Waals surface area contributed by atoms with Crippen LogP contribution in [0, 0.1) is 0 Å². The van der Waals surface area contributed by atoms with Gasteiger partial charge >= 0.3 is 0 Å². The molecule has 4 aromatic rings. The Hall–Kier alpha value is -3.53. The van der Waals surface area contributed by atoms with Gasteiger partial charge in [-0.15, -0.1) is 11.3 Å². The monoisotopic (exact) mass is 464 g/mol. The minimum Gasteiger partial charge on any atom is -0.348 e. The second-order valence-corrected chi connectivity index (χ2v) is 9.44. The molecule has 2 aromatic heterocycles. The van der Waals surface area contributed by atoms with Crippen molar-refractivity contribution in [2.45, 2.75) is 11.4 Å². The molecule has 0 atom stereocenters. The van der Waals surface area contributed by atoms with Gasteiger partial charge in [-0.25, -0.2) is 18.2 Å². The molecule has 0 saturated carbocycles. The highest BCUT2D eigenvalue weighted by atomic mass is 32.2. The molecule has 0 saturated heterocycles. The molecule has 0 aliphatic carbocycles. The molecule has 9 heteroatoms. The van der Waals surface area contributed by atoms with E-state index in [1.54, 1.807) is 34.2 Å². The van der Waals surface area contributed by atoms with Gasteiger partial charge in [-0.05, 0) is 47.4 Å².